The topological polar surface area (TPSA) is 55.4 Å². The van der Waals surface area contributed by atoms with E-state index in [1.807, 2.05) is 0 Å². The van der Waals surface area contributed by atoms with E-state index < -0.39 is 16.4 Å². The molecule has 1 aliphatic rings. The second-order valence-electron chi connectivity index (χ2n) is 3.45. The molecule has 16 heavy (non-hydrogen) atoms. The van der Waals surface area contributed by atoms with Crippen LogP contribution in [0.4, 0.5) is 0 Å². The van der Waals surface area contributed by atoms with Crippen molar-refractivity contribution in [3.05, 3.63) is 0 Å². The van der Waals surface area contributed by atoms with E-state index in [1.165, 1.54) is 0 Å². The average Bonchev–Trinajstić information content (AvgIpc) is 2.37. The fourth-order valence-corrected chi connectivity index (χ4v) is 11.3. The van der Waals surface area contributed by atoms with E-state index in [4.69, 9.17) is 26.9 Å². The number of methoxy groups -OCH3 is 1. The average molecular weight is 268 g/mol. The molecule has 0 aromatic carbocycles. The molecule has 1 saturated heterocycles. The molecule has 1 heterocycles. The Morgan fingerprint density at radius 2 is 1.50 bits per heavy atom. The minimum atomic E-state index is -2.92. The van der Waals surface area contributed by atoms with Crippen LogP contribution in [0.5, 0.6) is 0 Å². The van der Waals surface area contributed by atoms with Gasteiger partial charge in [0.25, 0.3) is 0 Å². The summed E-state index contributed by atoms with van der Waals surface area (Å²) in [6.45, 7) is 0. The molecule has 0 N–H and O–H groups in total. The van der Waals surface area contributed by atoms with Crippen LogP contribution in [0.2, 0.25) is 6.04 Å². The maximum Gasteiger partial charge on any atom is 0.540 e. The first kappa shape index (κ1) is 14.3. The van der Waals surface area contributed by atoms with Gasteiger partial charge in [-0.2, -0.15) is 0 Å². The van der Waals surface area contributed by atoms with Crippen molar-refractivity contribution < 1.29 is 26.9 Å². The van der Waals surface area contributed by atoms with Crippen LogP contribution in [0, 0.1) is 0 Å². The van der Waals surface area contributed by atoms with Gasteiger partial charge in [-0.05, 0) is 12.5 Å². The molecule has 0 aliphatic carbocycles. The highest BCUT2D eigenvalue weighted by Gasteiger charge is 2.70. The third-order valence-corrected chi connectivity index (χ3v) is 14.1. The lowest BCUT2D eigenvalue weighted by atomic mass is 10.5. The molecule has 1 atom stereocenters. The van der Waals surface area contributed by atoms with E-state index in [9.17, 15) is 0 Å². The van der Waals surface area contributed by atoms with Crippen molar-refractivity contribution in [2.24, 2.45) is 0 Å². The van der Waals surface area contributed by atoms with Gasteiger partial charge in [0.1, 0.15) is 0 Å². The smallest absolute Gasteiger partial charge is 0.395 e. The van der Waals surface area contributed by atoms with Crippen molar-refractivity contribution in [2.75, 3.05) is 35.5 Å². The first-order valence-electron chi connectivity index (χ1n) is 5.05. The van der Waals surface area contributed by atoms with E-state index in [2.05, 4.69) is 0 Å². The summed E-state index contributed by atoms with van der Waals surface area (Å²) in [5, 5.41) is 0. The van der Waals surface area contributed by atoms with E-state index >= 15 is 0 Å². The SMILES string of the molecule is COC1CC[Si](OC)(OC)[Si](OC)(OC)O1. The lowest BCUT2D eigenvalue weighted by molar-refractivity contribution is -0.102. The van der Waals surface area contributed by atoms with Gasteiger partial charge in [0.05, 0.1) is 0 Å². The maximum atomic E-state index is 5.80. The van der Waals surface area contributed by atoms with E-state index in [-0.39, 0.29) is 6.29 Å². The van der Waals surface area contributed by atoms with Crippen molar-refractivity contribution in [3.63, 3.8) is 0 Å². The Morgan fingerprint density at radius 3 is 1.88 bits per heavy atom. The number of ether oxygens (including phenoxy) is 1. The van der Waals surface area contributed by atoms with Gasteiger partial charge in [0.2, 0.25) is 0 Å². The third-order valence-electron chi connectivity index (χ3n) is 2.92. The maximum absolute atomic E-state index is 5.80. The molecule has 1 fully saturated rings. The molecule has 0 amide bonds. The Bertz CT molecular complexity index is 219. The van der Waals surface area contributed by atoms with Crippen molar-refractivity contribution in [1.82, 2.24) is 0 Å². The molecule has 0 aromatic rings. The molecule has 0 bridgehead atoms. The van der Waals surface area contributed by atoms with Gasteiger partial charge in [-0.15, -0.1) is 0 Å². The van der Waals surface area contributed by atoms with Crippen LogP contribution in [0.15, 0.2) is 0 Å². The zero-order valence-electron chi connectivity index (χ0n) is 10.4. The predicted octanol–water partition coefficient (Wildman–Crippen LogP) is 0.424. The standard InChI is InChI=1S/C8H20O6Si2/c1-9-8-6-7-15(10-2,11-3)16(12-4,13-5)14-8/h8H,6-7H2,1-5H3. The Labute approximate surface area is 98.1 Å². The lowest BCUT2D eigenvalue weighted by Gasteiger charge is -2.44. The van der Waals surface area contributed by atoms with Crippen LogP contribution < -0.4 is 0 Å². The summed E-state index contributed by atoms with van der Waals surface area (Å²) in [4.78, 5) is 0. The molecule has 0 radical (unpaired) electrons. The summed E-state index contributed by atoms with van der Waals surface area (Å²) < 4.78 is 33.1. The van der Waals surface area contributed by atoms with Gasteiger partial charge in [-0.1, -0.05) is 0 Å². The highest BCUT2D eigenvalue weighted by Crippen LogP contribution is 2.35. The Balaban J connectivity index is 2.99. The summed E-state index contributed by atoms with van der Waals surface area (Å²) in [6, 6.07) is 0.742. The molecule has 6 nitrogen and oxygen atoms in total. The molecule has 1 aliphatic heterocycles. The van der Waals surface area contributed by atoms with Crippen molar-refractivity contribution >= 4 is 16.4 Å². The van der Waals surface area contributed by atoms with Crippen LogP contribution in [0.25, 0.3) is 0 Å². The number of hydrogen-bond acceptors (Lipinski definition) is 6. The summed E-state index contributed by atoms with van der Waals surface area (Å²) in [5.74, 6) is 0. The van der Waals surface area contributed by atoms with Gasteiger partial charge < -0.3 is 26.9 Å². The molecule has 1 rings (SSSR count). The predicted molar refractivity (Wildman–Crippen MR) is 60.9 cm³/mol. The van der Waals surface area contributed by atoms with Gasteiger partial charge >= 0.3 is 16.4 Å². The highest BCUT2D eigenvalue weighted by atomic mass is 29.3. The zero-order chi connectivity index (χ0) is 12.2. The van der Waals surface area contributed by atoms with Crippen LogP contribution in [-0.4, -0.2) is 58.2 Å². The number of hydrogen-bond donors (Lipinski definition) is 0. The van der Waals surface area contributed by atoms with Gasteiger partial charge in [-0.3, -0.25) is 0 Å². The quantitative estimate of drug-likeness (QED) is 0.674. The van der Waals surface area contributed by atoms with Gasteiger partial charge in [-0.25, -0.2) is 0 Å². The fraction of sp³-hybridized carbons (Fsp3) is 1.00. The summed E-state index contributed by atoms with van der Waals surface area (Å²) in [7, 11) is 2.46. The zero-order valence-corrected chi connectivity index (χ0v) is 12.4. The minimum Gasteiger partial charge on any atom is -0.395 e. The van der Waals surface area contributed by atoms with Crippen LogP contribution in [0.3, 0.4) is 0 Å². The van der Waals surface area contributed by atoms with Crippen LogP contribution in [0.1, 0.15) is 6.42 Å². The first-order valence-corrected chi connectivity index (χ1v) is 9.79. The van der Waals surface area contributed by atoms with E-state index in [0.29, 0.717) is 0 Å². The summed E-state index contributed by atoms with van der Waals surface area (Å²) in [6.07, 6.45) is 0.420. The second-order valence-corrected chi connectivity index (χ2v) is 12.6. The molecule has 1 unspecified atom stereocenters. The van der Waals surface area contributed by atoms with Crippen molar-refractivity contribution in [2.45, 2.75) is 18.8 Å². The lowest BCUT2D eigenvalue weighted by Crippen LogP contribution is -2.74. The largest absolute Gasteiger partial charge is 0.540 e. The summed E-state index contributed by atoms with van der Waals surface area (Å²) >= 11 is 0. The molecule has 0 spiro atoms. The Hall–Kier alpha value is 0.194. The molecular formula is C8H20O6Si2. The first-order chi connectivity index (χ1) is 7.63. The molecule has 0 aromatic heterocycles. The van der Waals surface area contributed by atoms with E-state index in [1.54, 1.807) is 35.5 Å². The normalized spacial score (nSPS) is 27.9. The minimum absolute atomic E-state index is 0.308. The summed E-state index contributed by atoms with van der Waals surface area (Å²) in [5.41, 5.74) is 0. The highest BCUT2D eigenvalue weighted by molar-refractivity contribution is 7.29. The Kier molecular flexibility index (Phi) is 5.07. The van der Waals surface area contributed by atoms with E-state index in [0.717, 1.165) is 12.5 Å². The van der Waals surface area contributed by atoms with Gasteiger partial charge in [0.15, 0.2) is 6.29 Å². The number of rotatable bonds is 5. The van der Waals surface area contributed by atoms with Crippen LogP contribution in [-0.2, 0) is 26.9 Å². The molecule has 8 heteroatoms. The van der Waals surface area contributed by atoms with Crippen molar-refractivity contribution in [1.29, 1.82) is 0 Å². The Morgan fingerprint density at radius 1 is 0.938 bits per heavy atom. The third kappa shape index (κ3) is 2.11. The second kappa shape index (κ2) is 5.69. The van der Waals surface area contributed by atoms with Crippen LogP contribution >= 0.6 is 0 Å². The molecule has 96 valence electrons. The van der Waals surface area contributed by atoms with Gasteiger partial charge in [0, 0.05) is 35.5 Å². The monoisotopic (exact) mass is 268 g/mol. The molecular weight excluding hydrogens is 248 g/mol. The van der Waals surface area contributed by atoms with Crippen molar-refractivity contribution in [3.8, 4) is 0 Å². The fourth-order valence-electron chi connectivity index (χ4n) is 1.98. The molecule has 0 saturated carbocycles.